The number of hydrogen-bond acceptors (Lipinski definition) is 3. The second-order valence-corrected chi connectivity index (χ2v) is 7.36. The number of carbonyl (C=O) groups is 1. The van der Waals surface area contributed by atoms with Crippen molar-refractivity contribution in [3.63, 3.8) is 0 Å². The van der Waals surface area contributed by atoms with E-state index < -0.39 is 18.4 Å². The molecular formula is C19H21F2NO2S. The minimum absolute atomic E-state index is 0.0643. The first-order valence-corrected chi connectivity index (χ1v) is 9.26. The lowest BCUT2D eigenvalue weighted by molar-refractivity contribution is -0.0513. The Morgan fingerprint density at radius 2 is 2.20 bits per heavy atom. The Kier molecular flexibility index (Phi) is 5.20. The molecule has 1 aromatic heterocycles. The lowest BCUT2D eigenvalue weighted by atomic mass is 9.88. The fourth-order valence-corrected chi connectivity index (χ4v) is 3.85. The summed E-state index contributed by atoms with van der Waals surface area (Å²) < 4.78 is 27.1. The number of rotatable bonds is 4. The first-order chi connectivity index (χ1) is 12.0. The molecule has 0 spiro atoms. The molecule has 0 aliphatic carbocycles. The number of aryl methyl sites for hydroxylation is 1. The van der Waals surface area contributed by atoms with Crippen molar-refractivity contribution in [3.05, 3.63) is 51.7 Å². The number of carbonyl (C=O) groups excluding carboxylic acids is 1. The Labute approximate surface area is 149 Å². The molecule has 0 bridgehead atoms. The number of thiophene rings is 1. The molecule has 3 nitrogen and oxygen atoms in total. The van der Waals surface area contributed by atoms with Gasteiger partial charge in [-0.1, -0.05) is 18.2 Å². The van der Waals surface area contributed by atoms with E-state index in [1.807, 2.05) is 11.4 Å². The summed E-state index contributed by atoms with van der Waals surface area (Å²) >= 11 is 1.39. The van der Waals surface area contributed by atoms with E-state index >= 15 is 0 Å². The van der Waals surface area contributed by atoms with Crippen molar-refractivity contribution < 1.29 is 18.7 Å². The van der Waals surface area contributed by atoms with E-state index in [0.29, 0.717) is 17.8 Å². The van der Waals surface area contributed by atoms with Gasteiger partial charge in [0.05, 0.1) is 4.88 Å². The molecule has 1 aromatic carbocycles. The monoisotopic (exact) mass is 365 g/mol. The molecule has 1 aliphatic rings. The molecule has 1 amide bonds. The third-order valence-corrected chi connectivity index (χ3v) is 5.64. The summed E-state index contributed by atoms with van der Waals surface area (Å²) in [6.07, 6.45) is 0.711. The van der Waals surface area contributed by atoms with Gasteiger partial charge in [0.15, 0.2) is 0 Å². The van der Waals surface area contributed by atoms with Crippen LogP contribution in [0.4, 0.5) is 14.5 Å². The maximum Gasteiger partial charge on any atom is 0.268 e. The van der Waals surface area contributed by atoms with E-state index in [-0.39, 0.29) is 11.5 Å². The highest BCUT2D eigenvalue weighted by Crippen LogP contribution is 2.34. The molecule has 1 aliphatic heterocycles. The van der Waals surface area contributed by atoms with Gasteiger partial charge in [0.25, 0.3) is 5.91 Å². The van der Waals surface area contributed by atoms with Crippen LogP contribution in [0.25, 0.3) is 0 Å². The van der Waals surface area contributed by atoms with E-state index in [1.165, 1.54) is 17.4 Å². The molecule has 3 rings (SSSR count). The van der Waals surface area contributed by atoms with Crippen molar-refractivity contribution in [1.29, 1.82) is 0 Å². The summed E-state index contributed by atoms with van der Waals surface area (Å²) in [5.41, 5.74) is -0.335. The van der Waals surface area contributed by atoms with Crippen molar-refractivity contribution in [3.8, 4) is 0 Å². The van der Waals surface area contributed by atoms with Crippen LogP contribution < -0.4 is 4.90 Å². The number of fused-ring (bicyclic) bond motifs is 1. The molecular weight excluding hydrogens is 344 g/mol. The number of alkyl halides is 2. The topological polar surface area (TPSA) is 40.5 Å². The first-order valence-electron chi connectivity index (χ1n) is 8.38. The zero-order valence-electron chi connectivity index (χ0n) is 14.0. The molecule has 6 heteroatoms. The number of aliphatic hydroxyl groups is 1. The number of hydrogen-bond donors (Lipinski definition) is 1. The van der Waals surface area contributed by atoms with E-state index in [2.05, 4.69) is 0 Å². The van der Waals surface area contributed by atoms with Gasteiger partial charge >= 0.3 is 0 Å². The van der Waals surface area contributed by atoms with Gasteiger partial charge in [0, 0.05) is 12.2 Å². The SMILES string of the molecule is C[C@@H](F)C(O)(CF)c1ccc2c(c1)CCCCN2C(=O)c1cccs1. The lowest BCUT2D eigenvalue weighted by Gasteiger charge is -2.29. The molecule has 1 N–H and O–H groups in total. The Bertz CT molecular complexity index is 748. The molecule has 0 radical (unpaired) electrons. The van der Waals surface area contributed by atoms with E-state index in [1.54, 1.807) is 23.1 Å². The molecule has 134 valence electrons. The minimum Gasteiger partial charge on any atom is -0.379 e. The number of amides is 1. The summed E-state index contributed by atoms with van der Waals surface area (Å²) in [7, 11) is 0. The third-order valence-electron chi connectivity index (χ3n) is 4.79. The highest BCUT2D eigenvalue weighted by atomic mass is 32.1. The van der Waals surface area contributed by atoms with Gasteiger partial charge in [-0.15, -0.1) is 11.3 Å². The summed E-state index contributed by atoms with van der Waals surface area (Å²) in [4.78, 5) is 15.2. The normalized spacial score (nSPS) is 18.2. The average Bonchev–Trinajstić information content (AvgIpc) is 3.07. The van der Waals surface area contributed by atoms with E-state index in [9.17, 15) is 18.7 Å². The second-order valence-electron chi connectivity index (χ2n) is 6.41. The first kappa shape index (κ1) is 18.0. The predicted octanol–water partition coefficient (Wildman–Crippen LogP) is 4.25. The van der Waals surface area contributed by atoms with Gasteiger partial charge in [0.2, 0.25) is 0 Å². The third kappa shape index (κ3) is 3.33. The zero-order chi connectivity index (χ0) is 18.0. The van der Waals surface area contributed by atoms with Crippen molar-refractivity contribution in [1.82, 2.24) is 0 Å². The smallest absolute Gasteiger partial charge is 0.268 e. The quantitative estimate of drug-likeness (QED) is 0.880. The Balaban J connectivity index is 2.01. The number of halogens is 2. The Morgan fingerprint density at radius 1 is 1.40 bits per heavy atom. The predicted molar refractivity (Wildman–Crippen MR) is 95.8 cm³/mol. The zero-order valence-corrected chi connectivity index (χ0v) is 14.9. The van der Waals surface area contributed by atoms with Crippen molar-refractivity contribution in [2.45, 2.75) is 38.0 Å². The summed E-state index contributed by atoms with van der Waals surface area (Å²) in [6, 6.07) is 8.49. The summed E-state index contributed by atoms with van der Waals surface area (Å²) in [5.74, 6) is -0.0643. The molecule has 2 aromatic rings. The Hall–Kier alpha value is -1.79. The second kappa shape index (κ2) is 7.22. The van der Waals surface area contributed by atoms with Gasteiger partial charge in [0.1, 0.15) is 18.4 Å². The van der Waals surface area contributed by atoms with Crippen LogP contribution in [0.2, 0.25) is 0 Å². The molecule has 0 fully saturated rings. The standard InChI is InChI=1S/C19H21F2NO2S/c1-13(21)19(24,12-20)15-7-8-16-14(11-15)5-2-3-9-22(16)18(23)17-6-4-10-25-17/h4,6-8,10-11,13,24H,2-3,5,9,12H2,1H3/t13-,19?/m1/s1. The van der Waals surface area contributed by atoms with E-state index in [4.69, 9.17) is 0 Å². The fraction of sp³-hybridized carbons (Fsp3) is 0.421. The number of benzene rings is 1. The minimum atomic E-state index is -2.15. The van der Waals surface area contributed by atoms with Gasteiger partial charge in [-0.2, -0.15) is 0 Å². The van der Waals surface area contributed by atoms with Crippen LogP contribution >= 0.6 is 11.3 Å². The van der Waals surface area contributed by atoms with Crippen LogP contribution in [0.15, 0.2) is 35.7 Å². The van der Waals surface area contributed by atoms with Crippen LogP contribution in [0.1, 0.15) is 40.6 Å². The van der Waals surface area contributed by atoms with E-state index in [0.717, 1.165) is 31.0 Å². The van der Waals surface area contributed by atoms with Gasteiger partial charge in [-0.05, 0) is 54.8 Å². The highest BCUT2D eigenvalue weighted by molar-refractivity contribution is 7.12. The van der Waals surface area contributed by atoms with Gasteiger partial charge in [-0.25, -0.2) is 8.78 Å². The molecule has 2 atom stereocenters. The van der Waals surface area contributed by atoms with Crippen LogP contribution in [0, 0.1) is 0 Å². The molecule has 0 saturated carbocycles. The maximum absolute atomic E-state index is 13.8. The van der Waals surface area contributed by atoms with Crippen LogP contribution in [0.5, 0.6) is 0 Å². The number of nitrogens with zero attached hydrogens (tertiary/aromatic N) is 1. The molecule has 1 unspecified atom stereocenters. The average molecular weight is 365 g/mol. The van der Waals surface area contributed by atoms with Gasteiger partial charge in [-0.3, -0.25) is 4.79 Å². The van der Waals surface area contributed by atoms with Crippen molar-refractivity contribution in [2.75, 3.05) is 18.1 Å². The van der Waals surface area contributed by atoms with Crippen molar-refractivity contribution in [2.24, 2.45) is 0 Å². The maximum atomic E-state index is 13.8. The number of anilines is 1. The van der Waals surface area contributed by atoms with Crippen LogP contribution in [-0.4, -0.2) is 30.4 Å². The highest BCUT2D eigenvalue weighted by Gasteiger charge is 2.37. The molecule has 25 heavy (non-hydrogen) atoms. The Morgan fingerprint density at radius 3 is 2.84 bits per heavy atom. The van der Waals surface area contributed by atoms with Crippen molar-refractivity contribution >= 4 is 22.9 Å². The summed E-state index contributed by atoms with van der Waals surface area (Å²) in [5, 5.41) is 12.2. The molecule has 0 saturated heterocycles. The van der Waals surface area contributed by atoms with Crippen LogP contribution in [0.3, 0.4) is 0 Å². The largest absolute Gasteiger partial charge is 0.379 e. The summed E-state index contributed by atoms with van der Waals surface area (Å²) in [6.45, 7) is 0.565. The van der Waals surface area contributed by atoms with Crippen LogP contribution in [-0.2, 0) is 12.0 Å². The lowest BCUT2D eigenvalue weighted by Crippen LogP contribution is -2.37. The van der Waals surface area contributed by atoms with Gasteiger partial charge < -0.3 is 10.0 Å². The fourth-order valence-electron chi connectivity index (χ4n) is 3.18. The molecule has 2 heterocycles.